The molecule has 0 atom stereocenters. The lowest BCUT2D eigenvalue weighted by Crippen LogP contribution is -2.44. The van der Waals surface area contributed by atoms with E-state index in [0.717, 1.165) is 24.5 Å². The number of pyridine rings is 1. The Morgan fingerprint density at radius 1 is 1.37 bits per heavy atom. The monoisotopic (exact) mass is 262 g/mol. The molecule has 0 spiro atoms. The van der Waals surface area contributed by atoms with Crippen LogP contribution in [-0.2, 0) is 11.3 Å². The number of nitrogens with two attached hydrogens (primary N) is 1. The van der Waals surface area contributed by atoms with Crippen LogP contribution in [-0.4, -0.2) is 17.1 Å². The largest absolute Gasteiger partial charge is 0.367 e. The van der Waals surface area contributed by atoms with Crippen molar-refractivity contribution in [3.05, 3.63) is 30.1 Å². The maximum Gasteiger partial charge on any atom is 0.0896 e. The van der Waals surface area contributed by atoms with Gasteiger partial charge in [-0.05, 0) is 43.7 Å². The Morgan fingerprint density at radius 2 is 2.16 bits per heavy atom. The summed E-state index contributed by atoms with van der Waals surface area (Å²) in [6.07, 6.45) is 9.16. The van der Waals surface area contributed by atoms with Crippen molar-refractivity contribution in [1.82, 2.24) is 4.98 Å². The third-order valence-corrected chi connectivity index (χ3v) is 4.34. The van der Waals surface area contributed by atoms with E-state index in [4.69, 9.17) is 10.5 Å². The normalized spacial score (nSPS) is 27.4. The van der Waals surface area contributed by atoms with Gasteiger partial charge in [-0.15, -0.1) is 0 Å². The van der Waals surface area contributed by atoms with Crippen molar-refractivity contribution in [1.29, 1.82) is 0 Å². The van der Waals surface area contributed by atoms with E-state index in [9.17, 15) is 0 Å². The van der Waals surface area contributed by atoms with E-state index < -0.39 is 0 Å². The molecular weight excluding hydrogens is 236 g/mol. The van der Waals surface area contributed by atoms with E-state index in [2.05, 4.69) is 11.9 Å². The molecular formula is C16H26N2O. The minimum atomic E-state index is -0.109. The van der Waals surface area contributed by atoms with Gasteiger partial charge in [0.1, 0.15) is 0 Å². The Balaban J connectivity index is 1.86. The third-order valence-electron chi connectivity index (χ3n) is 4.34. The highest BCUT2D eigenvalue weighted by molar-refractivity contribution is 5.02. The van der Waals surface area contributed by atoms with Crippen LogP contribution in [0.2, 0.25) is 0 Å². The molecule has 1 aliphatic rings. The van der Waals surface area contributed by atoms with Crippen molar-refractivity contribution >= 4 is 0 Å². The highest BCUT2D eigenvalue weighted by atomic mass is 16.5. The summed E-state index contributed by atoms with van der Waals surface area (Å²) in [6.45, 7) is 3.47. The zero-order valence-corrected chi connectivity index (χ0v) is 12.0. The number of hydrogen-bond acceptors (Lipinski definition) is 3. The molecule has 2 N–H and O–H groups in total. The zero-order valence-electron chi connectivity index (χ0n) is 12.0. The minimum Gasteiger partial charge on any atom is -0.367 e. The predicted molar refractivity (Wildman–Crippen MR) is 77.7 cm³/mol. The highest BCUT2D eigenvalue weighted by Gasteiger charge is 2.34. The molecule has 1 aromatic heterocycles. The Bertz CT molecular complexity index is 358. The summed E-state index contributed by atoms with van der Waals surface area (Å²) in [5.74, 6) is 0.878. The molecule has 1 heterocycles. The molecule has 0 radical (unpaired) electrons. The van der Waals surface area contributed by atoms with Crippen LogP contribution in [0.15, 0.2) is 24.4 Å². The molecule has 1 saturated carbocycles. The van der Waals surface area contributed by atoms with Crippen LogP contribution in [0.1, 0.15) is 51.1 Å². The van der Waals surface area contributed by atoms with E-state index in [-0.39, 0.29) is 5.60 Å². The number of nitrogens with zero attached hydrogens (tertiary/aromatic N) is 1. The topological polar surface area (TPSA) is 48.1 Å². The Kier molecular flexibility index (Phi) is 5.34. The number of hydrogen-bond donors (Lipinski definition) is 1. The molecule has 19 heavy (non-hydrogen) atoms. The van der Waals surface area contributed by atoms with Gasteiger partial charge in [0.25, 0.3) is 0 Å². The van der Waals surface area contributed by atoms with E-state index in [1.54, 1.807) is 0 Å². The van der Waals surface area contributed by atoms with Crippen molar-refractivity contribution in [2.75, 3.05) is 6.54 Å². The fourth-order valence-corrected chi connectivity index (χ4v) is 3.02. The Hall–Kier alpha value is -0.930. The average Bonchev–Trinajstić information content (AvgIpc) is 2.48. The smallest absolute Gasteiger partial charge is 0.0896 e. The van der Waals surface area contributed by atoms with Gasteiger partial charge in [-0.25, -0.2) is 0 Å². The van der Waals surface area contributed by atoms with E-state index in [1.807, 2.05) is 24.4 Å². The molecule has 2 rings (SSSR count). The summed E-state index contributed by atoms with van der Waals surface area (Å²) in [7, 11) is 0. The summed E-state index contributed by atoms with van der Waals surface area (Å²) in [5.41, 5.74) is 6.86. The molecule has 0 saturated heterocycles. The zero-order chi connectivity index (χ0) is 13.6. The summed E-state index contributed by atoms with van der Waals surface area (Å²) in [4.78, 5) is 4.31. The van der Waals surface area contributed by atoms with Crippen LogP contribution in [0, 0.1) is 5.92 Å². The summed E-state index contributed by atoms with van der Waals surface area (Å²) < 4.78 is 6.14. The van der Waals surface area contributed by atoms with Crippen LogP contribution in [0.4, 0.5) is 0 Å². The minimum absolute atomic E-state index is 0.109. The van der Waals surface area contributed by atoms with Gasteiger partial charge in [0, 0.05) is 12.7 Å². The van der Waals surface area contributed by atoms with Crippen LogP contribution in [0.25, 0.3) is 0 Å². The summed E-state index contributed by atoms with van der Waals surface area (Å²) >= 11 is 0. The van der Waals surface area contributed by atoms with Crippen LogP contribution >= 0.6 is 0 Å². The first-order chi connectivity index (χ1) is 9.28. The third kappa shape index (κ3) is 4.02. The van der Waals surface area contributed by atoms with Gasteiger partial charge in [0.15, 0.2) is 0 Å². The SMILES string of the molecule is CCCC1CCC(CN)(OCc2ccccn2)CC1. The molecule has 1 aromatic rings. The van der Waals surface area contributed by atoms with Crippen molar-refractivity contribution < 1.29 is 4.74 Å². The number of ether oxygens (including phenoxy) is 1. The molecule has 3 heteroatoms. The molecule has 3 nitrogen and oxygen atoms in total. The van der Waals surface area contributed by atoms with Gasteiger partial charge in [0.05, 0.1) is 17.9 Å². The lowest BCUT2D eigenvalue weighted by molar-refractivity contribution is -0.0826. The van der Waals surface area contributed by atoms with Gasteiger partial charge >= 0.3 is 0 Å². The Morgan fingerprint density at radius 3 is 2.74 bits per heavy atom. The first-order valence-electron chi connectivity index (χ1n) is 7.52. The molecule has 0 amide bonds. The first kappa shape index (κ1) is 14.5. The second-order valence-electron chi connectivity index (χ2n) is 5.73. The lowest BCUT2D eigenvalue weighted by Gasteiger charge is -2.39. The van der Waals surface area contributed by atoms with Crippen molar-refractivity contribution in [2.24, 2.45) is 11.7 Å². The molecule has 0 aromatic carbocycles. The van der Waals surface area contributed by atoms with Gasteiger partial charge in [0.2, 0.25) is 0 Å². The second-order valence-corrected chi connectivity index (χ2v) is 5.73. The van der Waals surface area contributed by atoms with Gasteiger partial charge in [-0.1, -0.05) is 25.8 Å². The van der Waals surface area contributed by atoms with Gasteiger partial charge in [-0.3, -0.25) is 4.98 Å². The first-order valence-corrected chi connectivity index (χ1v) is 7.52. The maximum atomic E-state index is 6.14. The van der Waals surface area contributed by atoms with Gasteiger partial charge in [-0.2, -0.15) is 0 Å². The molecule has 0 bridgehead atoms. The highest BCUT2D eigenvalue weighted by Crippen LogP contribution is 2.36. The quantitative estimate of drug-likeness (QED) is 0.855. The van der Waals surface area contributed by atoms with Gasteiger partial charge < -0.3 is 10.5 Å². The van der Waals surface area contributed by atoms with Crippen molar-refractivity contribution in [2.45, 2.75) is 57.7 Å². The molecule has 1 aliphatic carbocycles. The lowest BCUT2D eigenvalue weighted by atomic mass is 9.77. The predicted octanol–water partition coefficient (Wildman–Crippen LogP) is 3.29. The summed E-state index contributed by atoms with van der Waals surface area (Å²) in [5, 5.41) is 0. The molecule has 106 valence electrons. The standard InChI is InChI=1S/C16H26N2O/c1-2-5-14-7-9-16(13-17,10-8-14)19-12-15-6-3-4-11-18-15/h3-4,6,11,14H,2,5,7-10,12-13,17H2,1H3. The molecule has 0 aliphatic heterocycles. The fraction of sp³-hybridized carbons (Fsp3) is 0.688. The fourth-order valence-electron chi connectivity index (χ4n) is 3.02. The number of rotatable bonds is 6. The van der Waals surface area contributed by atoms with E-state index >= 15 is 0 Å². The van der Waals surface area contributed by atoms with E-state index in [0.29, 0.717) is 13.2 Å². The average molecular weight is 262 g/mol. The van der Waals surface area contributed by atoms with Crippen molar-refractivity contribution in [3.63, 3.8) is 0 Å². The van der Waals surface area contributed by atoms with Crippen molar-refractivity contribution in [3.8, 4) is 0 Å². The van der Waals surface area contributed by atoms with Crippen LogP contribution in [0.5, 0.6) is 0 Å². The second kappa shape index (κ2) is 7.01. The van der Waals surface area contributed by atoms with Crippen LogP contribution in [0.3, 0.4) is 0 Å². The maximum absolute atomic E-state index is 6.14. The number of aromatic nitrogens is 1. The van der Waals surface area contributed by atoms with Crippen LogP contribution < -0.4 is 5.73 Å². The molecule has 0 unspecified atom stereocenters. The Labute approximate surface area is 116 Å². The van der Waals surface area contributed by atoms with E-state index in [1.165, 1.54) is 25.7 Å². The molecule has 1 fully saturated rings. The summed E-state index contributed by atoms with van der Waals surface area (Å²) in [6, 6.07) is 5.93.